The van der Waals surface area contributed by atoms with E-state index >= 15 is 0 Å². The molecule has 2 atom stereocenters. The lowest BCUT2D eigenvalue weighted by Gasteiger charge is -2.34. The Hall–Kier alpha value is -2.99. The summed E-state index contributed by atoms with van der Waals surface area (Å²) in [5.74, 6) is -0.312. The van der Waals surface area contributed by atoms with E-state index in [1.54, 1.807) is 5.01 Å². The lowest BCUT2D eigenvalue weighted by Crippen LogP contribution is -2.49. The summed E-state index contributed by atoms with van der Waals surface area (Å²) in [7, 11) is 0. The van der Waals surface area contributed by atoms with Gasteiger partial charge in [0.05, 0.1) is 24.9 Å². The zero-order chi connectivity index (χ0) is 24.2. The second kappa shape index (κ2) is 10.5. The topological polar surface area (TPSA) is 62.2 Å². The molecular weight excluding hydrogens is 426 g/mol. The molecule has 2 aliphatic heterocycles. The van der Waals surface area contributed by atoms with Crippen molar-refractivity contribution < 1.29 is 14.3 Å². The normalized spacial score (nSPS) is 20.8. The minimum absolute atomic E-state index is 0.0814. The van der Waals surface area contributed by atoms with Gasteiger partial charge in [0, 0.05) is 12.0 Å². The highest BCUT2D eigenvalue weighted by molar-refractivity contribution is 6.04. The van der Waals surface area contributed by atoms with E-state index in [-0.39, 0.29) is 30.5 Å². The first-order chi connectivity index (χ1) is 16.4. The number of rotatable bonds is 6. The van der Waals surface area contributed by atoms with E-state index in [1.165, 1.54) is 11.1 Å². The minimum Gasteiger partial charge on any atom is -0.465 e. The van der Waals surface area contributed by atoms with Crippen LogP contribution in [0.5, 0.6) is 0 Å². The average molecular weight is 462 g/mol. The van der Waals surface area contributed by atoms with Gasteiger partial charge >= 0.3 is 5.97 Å². The van der Waals surface area contributed by atoms with E-state index in [0.717, 1.165) is 41.7 Å². The second-order valence-electron chi connectivity index (χ2n) is 9.47. The van der Waals surface area contributed by atoms with Crippen molar-refractivity contribution in [3.63, 3.8) is 0 Å². The largest absolute Gasteiger partial charge is 0.465 e. The van der Waals surface area contributed by atoms with Gasteiger partial charge in [0.2, 0.25) is 0 Å². The number of ether oxygens (including phenoxy) is 1. The predicted octanol–water partition coefficient (Wildman–Crippen LogP) is 4.71. The molecule has 0 radical (unpaired) electrons. The van der Waals surface area contributed by atoms with Gasteiger partial charge in [-0.3, -0.25) is 14.5 Å². The number of hydrogen-bond acceptors (Lipinski definition) is 5. The van der Waals surface area contributed by atoms with Gasteiger partial charge in [-0.1, -0.05) is 53.9 Å². The van der Waals surface area contributed by atoms with Crippen molar-refractivity contribution in [2.24, 2.45) is 5.10 Å². The summed E-state index contributed by atoms with van der Waals surface area (Å²) in [5, 5.41) is 6.52. The number of benzene rings is 2. The maximum Gasteiger partial charge on any atom is 0.323 e. The lowest BCUT2D eigenvalue weighted by molar-refractivity contribution is -0.152. The first-order valence-corrected chi connectivity index (χ1v) is 12.3. The second-order valence-corrected chi connectivity index (χ2v) is 9.47. The number of hydrogen-bond donors (Lipinski definition) is 0. The van der Waals surface area contributed by atoms with Crippen LogP contribution in [-0.2, 0) is 14.3 Å². The number of carbonyl (C=O) groups excluding carboxylic acids is 2. The van der Waals surface area contributed by atoms with Gasteiger partial charge in [0.1, 0.15) is 6.04 Å². The predicted molar refractivity (Wildman–Crippen MR) is 134 cm³/mol. The molecule has 0 N–H and O–H groups in total. The van der Waals surface area contributed by atoms with Crippen molar-refractivity contribution in [1.82, 2.24) is 9.91 Å². The molecule has 0 aliphatic carbocycles. The highest BCUT2D eigenvalue weighted by Crippen LogP contribution is 2.34. The molecule has 2 heterocycles. The zero-order valence-corrected chi connectivity index (χ0v) is 20.7. The van der Waals surface area contributed by atoms with Gasteiger partial charge in [-0.05, 0) is 64.3 Å². The number of aryl methyl sites for hydroxylation is 3. The summed E-state index contributed by atoms with van der Waals surface area (Å²) >= 11 is 0. The summed E-state index contributed by atoms with van der Waals surface area (Å²) in [4.78, 5) is 28.1. The van der Waals surface area contributed by atoms with Crippen LogP contribution in [0.15, 0.2) is 47.6 Å². The molecule has 6 heteroatoms. The summed E-state index contributed by atoms with van der Waals surface area (Å²) in [6, 6.07) is 14.2. The van der Waals surface area contributed by atoms with E-state index in [9.17, 15) is 9.59 Å². The third-order valence-electron chi connectivity index (χ3n) is 6.84. The molecule has 0 spiro atoms. The van der Waals surface area contributed by atoms with Crippen molar-refractivity contribution in [3.05, 3.63) is 70.3 Å². The summed E-state index contributed by atoms with van der Waals surface area (Å²) in [5.41, 5.74) is 6.60. The Morgan fingerprint density at radius 2 is 1.76 bits per heavy atom. The van der Waals surface area contributed by atoms with E-state index in [1.807, 2.05) is 11.8 Å². The number of nitrogens with zero attached hydrogens (tertiary/aromatic N) is 3. The molecule has 180 valence electrons. The van der Waals surface area contributed by atoms with Crippen LogP contribution in [0.2, 0.25) is 0 Å². The first-order valence-electron chi connectivity index (χ1n) is 12.3. The van der Waals surface area contributed by atoms with E-state index in [2.05, 4.69) is 63.2 Å². The maximum absolute atomic E-state index is 13.6. The molecule has 34 heavy (non-hydrogen) atoms. The monoisotopic (exact) mass is 461 g/mol. The minimum atomic E-state index is -0.361. The molecule has 0 saturated carbocycles. The fourth-order valence-electron chi connectivity index (χ4n) is 4.93. The van der Waals surface area contributed by atoms with Gasteiger partial charge in [-0.15, -0.1) is 0 Å². The SMILES string of the molecule is CCOC(=O)C1CCCCN1CC(=O)N1N=C(c2cc(C)ccc2C)CC1c1ccc(C)cc1. The van der Waals surface area contributed by atoms with Crippen LogP contribution in [0.1, 0.15) is 66.5 Å². The van der Waals surface area contributed by atoms with Gasteiger partial charge in [-0.2, -0.15) is 5.10 Å². The lowest BCUT2D eigenvalue weighted by atomic mass is 9.94. The molecule has 2 aromatic rings. The molecule has 4 rings (SSSR count). The molecule has 1 saturated heterocycles. The van der Waals surface area contributed by atoms with E-state index in [0.29, 0.717) is 19.6 Å². The Labute approximate surface area is 202 Å². The Kier molecular flexibility index (Phi) is 7.47. The van der Waals surface area contributed by atoms with Gasteiger partial charge < -0.3 is 4.74 Å². The Balaban J connectivity index is 1.62. The molecule has 0 aromatic heterocycles. The molecule has 1 amide bonds. The summed E-state index contributed by atoms with van der Waals surface area (Å²) < 4.78 is 5.29. The number of esters is 1. The average Bonchev–Trinajstić information content (AvgIpc) is 3.27. The number of carbonyl (C=O) groups is 2. The summed E-state index contributed by atoms with van der Waals surface area (Å²) in [6.45, 7) is 9.26. The third kappa shape index (κ3) is 5.22. The quantitative estimate of drug-likeness (QED) is 0.585. The van der Waals surface area contributed by atoms with E-state index < -0.39 is 0 Å². The van der Waals surface area contributed by atoms with Gasteiger partial charge in [0.25, 0.3) is 5.91 Å². The first kappa shape index (κ1) is 24.1. The van der Waals surface area contributed by atoms with Crippen molar-refractivity contribution in [1.29, 1.82) is 0 Å². The Morgan fingerprint density at radius 1 is 1.03 bits per heavy atom. The van der Waals surface area contributed by atoms with Crippen LogP contribution >= 0.6 is 0 Å². The highest BCUT2D eigenvalue weighted by atomic mass is 16.5. The fraction of sp³-hybridized carbons (Fsp3) is 0.464. The zero-order valence-electron chi connectivity index (χ0n) is 20.7. The van der Waals surface area contributed by atoms with Crippen molar-refractivity contribution in [2.75, 3.05) is 19.7 Å². The van der Waals surface area contributed by atoms with Crippen molar-refractivity contribution in [3.8, 4) is 0 Å². The van der Waals surface area contributed by atoms with Crippen LogP contribution < -0.4 is 0 Å². The molecule has 2 aromatic carbocycles. The molecule has 1 fully saturated rings. The molecule has 6 nitrogen and oxygen atoms in total. The van der Waals surface area contributed by atoms with Gasteiger partial charge in [0.15, 0.2) is 0 Å². The van der Waals surface area contributed by atoms with Crippen LogP contribution in [0, 0.1) is 20.8 Å². The number of likely N-dealkylation sites (tertiary alicyclic amines) is 1. The number of hydrazone groups is 1. The maximum atomic E-state index is 13.6. The van der Waals surface area contributed by atoms with Crippen molar-refractivity contribution >= 4 is 17.6 Å². The third-order valence-corrected chi connectivity index (χ3v) is 6.84. The van der Waals surface area contributed by atoms with Crippen LogP contribution in [0.4, 0.5) is 0 Å². The fourth-order valence-corrected chi connectivity index (χ4v) is 4.93. The van der Waals surface area contributed by atoms with Crippen LogP contribution in [0.3, 0.4) is 0 Å². The van der Waals surface area contributed by atoms with Crippen LogP contribution in [0.25, 0.3) is 0 Å². The van der Waals surface area contributed by atoms with E-state index in [4.69, 9.17) is 9.84 Å². The smallest absolute Gasteiger partial charge is 0.323 e. The van der Waals surface area contributed by atoms with Gasteiger partial charge in [-0.25, -0.2) is 5.01 Å². The summed E-state index contributed by atoms with van der Waals surface area (Å²) in [6.07, 6.45) is 3.34. The van der Waals surface area contributed by atoms with Crippen molar-refractivity contribution in [2.45, 2.75) is 65.5 Å². The highest BCUT2D eigenvalue weighted by Gasteiger charge is 2.37. The Bertz CT molecular complexity index is 1080. The number of amides is 1. The standard InChI is InChI=1S/C28H35N3O3/c1-5-34-28(33)25-8-6-7-15-30(25)18-27(32)31-26(22-13-10-19(2)11-14-22)17-24(29-31)23-16-20(3)9-12-21(23)4/h9-14,16,25-26H,5-8,15,17-18H2,1-4H3. The molecule has 2 aliphatic rings. The Morgan fingerprint density at radius 3 is 2.50 bits per heavy atom. The molecule has 2 unspecified atom stereocenters. The molecule has 0 bridgehead atoms. The van der Waals surface area contributed by atoms with Crippen LogP contribution in [-0.4, -0.2) is 53.2 Å². The molecular formula is C28H35N3O3. The number of piperidine rings is 1.